The van der Waals surface area contributed by atoms with Gasteiger partial charge in [0.1, 0.15) is 23.7 Å². The minimum absolute atomic E-state index is 0.251. The van der Waals surface area contributed by atoms with Crippen LogP contribution in [0.2, 0.25) is 0 Å². The van der Waals surface area contributed by atoms with Crippen molar-refractivity contribution in [2.24, 2.45) is 0 Å². The topological polar surface area (TPSA) is 85.2 Å². The molecule has 33 heavy (non-hydrogen) atoms. The zero-order chi connectivity index (χ0) is 23.0. The predicted molar refractivity (Wildman–Crippen MR) is 125 cm³/mol. The Hall–Kier alpha value is -2.68. The van der Waals surface area contributed by atoms with Crippen molar-refractivity contribution < 1.29 is 29.2 Å². The number of benzene rings is 3. The Morgan fingerprint density at radius 1 is 0.879 bits per heavy atom. The number of carbonyl (C=O) groups is 1. The Labute approximate surface area is 197 Å². The fourth-order valence-electron chi connectivity index (χ4n) is 3.63. The van der Waals surface area contributed by atoms with Crippen LogP contribution in [0.5, 0.6) is 0 Å². The molecule has 172 valence electrons. The van der Waals surface area contributed by atoms with Gasteiger partial charge in [-0.15, -0.1) is 0 Å². The van der Waals surface area contributed by atoms with E-state index in [9.17, 15) is 15.0 Å². The van der Waals surface area contributed by atoms with Crippen LogP contribution in [0.1, 0.15) is 15.9 Å². The number of aliphatic hydroxyl groups excluding tert-OH is 2. The number of carbonyl (C=O) groups excluding carboxylic acids is 1. The first-order valence-electron chi connectivity index (χ1n) is 10.7. The second-order valence-corrected chi connectivity index (χ2v) is 8.82. The van der Waals surface area contributed by atoms with E-state index in [0.29, 0.717) is 5.56 Å². The number of hydrogen-bond donors (Lipinski definition) is 2. The van der Waals surface area contributed by atoms with E-state index < -0.39 is 42.4 Å². The van der Waals surface area contributed by atoms with Crippen molar-refractivity contribution in [3.8, 4) is 0 Å². The first kappa shape index (κ1) is 23.5. The van der Waals surface area contributed by atoms with Gasteiger partial charge in [0.15, 0.2) is 6.10 Å². The highest BCUT2D eigenvalue weighted by Gasteiger charge is 2.48. The molecule has 1 aliphatic rings. The van der Waals surface area contributed by atoms with Crippen LogP contribution in [0.3, 0.4) is 0 Å². The SMILES string of the molecule is O=C(OC1C(CO)OC(Sc2ccccc2)C(OCc2ccccc2)C1O)c1ccccc1. The normalized spacial score (nSPS) is 24.8. The van der Waals surface area contributed by atoms with Gasteiger partial charge in [-0.05, 0) is 29.8 Å². The van der Waals surface area contributed by atoms with Gasteiger partial charge in [-0.3, -0.25) is 0 Å². The second-order valence-electron chi connectivity index (χ2n) is 7.64. The lowest BCUT2D eigenvalue weighted by molar-refractivity contribution is -0.221. The van der Waals surface area contributed by atoms with Crippen molar-refractivity contribution in [3.63, 3.8) is 0 Å². The standard InChI is InChI=1S/C26H26O6S/c27-16-21-23(32-25(29)19-12-6-2-7-13-19)22(28)24(30-17-18-10-4-1-5-11-18)26(31-21)33-20-14-8-3-9-15-20/h1-15,21-24,26-28H,16-17H2. The number of esters is 1. The number of hydrogen-bond acceptors (Lipinski definition) is 7. The maximum Gasteiger partial charge on any atom is 0.338 e. The van der Waals surface area contributed by atoms with E-state index in [-0.39, 0.29) is 6.61 Å². The van der Waals surface area contributed by atoms with E-state index in [0.717, 1.165) is 10.5 Å². The second kappa shape index (κ2) is 11.4. The Morgan fingerprint density at radius 2 is 1.48 bits per heavy atom. The fourth-order valence-corrected chi connectivity index (χ4v) is 4.78. The smallest absolute Gasteiger partial charge is 0.338 e. The summed E-state index contributed by atoms with van der Waals surface area (Å²) in [6.45, 7) is -0.165. The van der Waals surface area contributed by atoms with Gasteiger partial charge < -0.3 is 24.4 Å². The van der Waals surface area contributed by atoms with Crippen molar-refractivity contribution in [2.45, 2.75) is 41.4 Å². The lowest BCUT2D eigenvalue weighted by Gasteiger charge is -2.43. The number of thioether (sulfide) groups is 1. The minimum Gasteiger partial charge on any atom is -0.453 e. The summed E-state index contributed by atoms with van der Waals surface area (Å²) < 4.78 is 17.8. The Balaban J connectivity index is 1.55. The first-order chi connectivity index (χ1) is 16.2. The fraction of sp³-hybridized carbons (Fsp3) is 0.269. The highest BCUT2D eigenvalue weighted by atomic mass is 32.2. The molecule has 2 N–H and O–H groups in total. The van der Waals surface area contributed by atoms with Gasteiger partial charge in [0.2, 0.25) is 0 Å². The molecular formula is C26H26O6S. The lowest BCUT2D eigenvalue weighted by atomic mass is 9.99. The van der Waals surface area contributed by atoms with Gasteiger partial charge in [-0.1, -0.05) is 78.5 Å². The van der Waals surface area contributed by atoms with E-state index in [4.69, 9.17) is 14.2 Å². The maximum absolute atomic E-state index is 12.7. The molecule has 7 heteroatoms. The Morgan fingerprint density at radius 3 is 2.12 bits per heavy atom. The summed E-state index contributed by atoms with van der Waals surface area (Å²) in [4.78, 5) is 13.6. The number of rotatable bonds is 8. The van der Waals surface area contributed by atoms with Gasteiger partial charge >= 0.3 is 5.97 Å². The van der Waals surface area contributed by atoms with Crippen LogP contribution in [-0.2, 0) is 20.8 Å². The maximum atomic E-state index is 12.7. The third-order valence-electron chi connectivity index (χ3n) is 5.33. The molecule has 0 spiro atoms. The summed E-state index contributed by atoms with van der Waals surface area (Å²) in [6, 6.07) is 27.7. The zero-order valence-electron chi connectivity index (χ0n) is 17.9. The summed E-state index contributed by atoms with van der Waals surface area (Å²) >= 11 is 1.39. The third kappa shape index (κ3) is 6.01. The van der Waals surface area contributed by atoms with Crippen molar-refractivity contribution in [1.29, 1.82) is 0 Å². The minimum atomic E-state index is -1.20. The molecule has 1 fully saturated rings. The van der Waals surface area contributed by atoms with Gasteiger partial charge in [-0.25, -0.2) is 4.79 Å². The molecule has 3 aromatic rings. The van der Waals surface area contributed by atoms with Gasteiger partial charge in [0.05, 0.1) is 18.8 Å². The van der Waals surface area contributed by atoms with Crippen LogP contribution in [0.4, 0.5) is 0 Å². The van der Waals surface area contributed by atoms with Crippen molar-refractivity contribution in [2.75, 3.05) is 6.61 Å². The molecule has 0 aliphatic carbocycles. The lowest BCUT2D eigenvalue weighted by Crippen LogP contribution is -2.59. The highest BCUT2D eigenvalue weighted by Crippen LogP contribution is 2.36. The number of aliphatic hydroxyl groups is 2. The molecule has 0 bridgehead atoms. The van der Waals surface area contributed by atoms with Crippen molar-refractivity contribution in [3.05, 3.63) is 102 Å². The molecule has 5 atom stereocenters. The van der Waals surface area contributed by atoms with Crippen LogP contribution in [0.15, 0.2) is 95.9 Å². The summed E-state index contributed by atoms with van der Waals surface area (Å²) in [5, 5.41) is 21.2. The molecule has 0 amide bonds. The summed E-state index contributed by atoms with van der Waals surface area (Å²) in [6.07, 6.45) is -3.98. The monoisotopic (exact) mass is 466 g/mol. The molecule has 0 radical (unpaired) electrons. The van der Waals surface area contributed by atoms with Crippen molar-refractivity contribution in [1.82, 2.24) is 0 Å². The number of ether oxygens (including phenoxy) is 3. The van der Waals surface area contributed by atoms with Crippen LogP contribution < -0.4 is 0 Å². The quantitative estimate of drug-likeness (QED) is 0.490. The average Bonchev–Trinajstić information content (AvgIpc) is 2.87. The van der Waals surface area contributed by atoms with Gasteiger partial charge in [0.25, 0.3) is 0 Å². The van der Waals surface area contributed by atoms with Crippen LogP contribution >= 0.6 is 11.8 Å². The van der Waals surface area contributed by atoms with E-state index in [1.54, 1.807) is 30.3 Å². The van der Waals surface area contributed by atoms with Gasteiger partial charge in [0, 0.05) is 4.90 Å². The van der Waals surface area contributed by atoms with Crippen molar-refractivity contribution >= 4 is 17.7 Å². The molecule has 0 saturated carbocycles. The molecule has 1 saturated heterocycles. The molecule has 5 unspecified atom stereocenters. The zero-order valence-corrected chi connectivity index (χ0v) is 18.7. The first-order valence-corrected chi connectivity index (χ1v) is 11.6. The molecule has 0 aromatic heterocycles. The molecule has 3 aromatic carbocycles. The summed E-state index contributed by atoms with van der Waals surface area (Å²) in [7, 11) is 0. The molecule has 1 aliphatic heterocycles. The molecular weight excluding hydrogens is 440 g/mol. The van der Waals surface area contributed by atoms with E-state index in [1.165, 1.54) is 11.8 Å². The van der Waals surface area contributed by atoms with Crippen LogP contribution in [0.25, 0.3) is 0 Å². The Bertz CT molecular complexity index is 1000. The third-order valence-corrected chi connectivity index (χ3v) is 6.49. The highest BCUT2D eigenvalue weighted by molar-refractivity contribution is 7.99. The van der Waals surface area contributed by atoms with E-state index in [2.05, 4.69) is 0 Å². The summed E-state index contributed by atoms with van der Waals surface area (Å²) in [5.74, 6) is -0.599. The summed E-state index contributed by atoms with van der Waals surface area (Å²) in [5.41, 5.74) is 0.675. The molecule has 1 heterocycles. The van der Waals surface area contributed by atoms with Crippen LogP contribution in [-0.4, -0.2) is 52.6 Å². The molecule has 6 nitrogen and oxygen atoms in total. The van der Waals surface area contributed by atoms with E-state index in [1.807, 2.05) is 60.7 Å². The van der Waals surface area contributed by atoms with E-state index >= 15 is 0 Å². The Kier molecular flexibility index (Phi) is 8.15. The predicted octanol–water partition coefficient (Wildman–Crippen LogP) is 3.67. The molecule has 4 rings (SSSR count). The van der Waals surface area contributed by atoms with Crippen LogP contribution in [0, 0.1) is 0 Å². The largest absolute Gasteiger partial charge is 0.453 e. The van der Waals surface area contributed by atoms with Gasteiger partial charge in [-0.2, -0.15) is 0 Å². The average molecular weight is 467 g/mol.